The van der Waals surface area contributed by atoms with Crippen molar-refractivity contribution in [3.05, 3.63) is 35.9 Å². The molecule has 1 heterocycles. The Morgan fingerprint density at radius 3 is 2.82 bits per heavy atom. The first kappa shape index (κ1) is 17.0. The number of nitrogens with zero attached hydrogens (tertiary/aromatic N) is 1. The fourth-order valence-corrected chi connectivity index (χ4v) is 2.92. The van der Waals surface area contributed by atoms with Crippen molar-refractivity contribution in [3.63, 3.8) is 0 Å². The topological polar surface area (TPSA) is 41.6 Å². The van der Waals surface area contributed by atoms with Gasteiger partial charge in [0, 0.05) is 26.6 Å². The number of ether oxygens (including phenoxy) is 1. The summed E-state index contributed by atoms with van der Waals surface area (Å²) in [5.74, 6) is 0.933. The van der Waals surface area contributed by atoms with Crippen molar-refractivity contribution in [1.29, 1.82) is 0 Å². The van der Waals surface area contributed by atoms with Crippen LogP contribution in [-0.4, -0.2) is 50.7 Å². The number of methoxy groups -OCH3 is 1. The van der Waals surface area contributed by atoms with Crippen LogP contribution < -0.4 is 5.32 Å². The Kier molecular flexibility index (Phi) is 7.40. The molecule has 1 aromatic rings. The molecule has 0 aliphatic carbocycles. The monoisotopic (exact) mass is 304 g/mol. The van der Waals surface area contributed by atoms with Gasteiger partial charge in [-0.2, -0.15) is 0 Å². The number of hydrogen-bond donors (Lipinski definition) is 1. The summed E-state index contributed by atoms with van der Waals surface area (Å²) in [5, 5.41) is 3.36. The summed E-state index contributed by atoms with van der Waals surface area (Å²) < 4.78 is 5.15. The molecule has 0 saturated carbocycles. The zero-order chi connectivity index (χ0) is 15.6. The van der Waals surface area contributed by atoms with E-state index in [9.17, 15) is 4.79 Å². The number of amides is 1. The van der Waals surface area contributed by atoms with Crippen LogP contribution in [0.2, 0.25) is 0 Å². The summed E-state index contributed by atoms with van der Waals surface area (Å²) in [4.78, 5) is 14.4. The van der Waals surface area contributed by atoms with Crippen molar-refractivity contribution >= 4 is 5.91 Å². The summed E-state index contributed by atoms with van der Waals surface area (Å²) in [7, 11) is 1.68. The Bertz CT molecular complexity index is 430. The highest BCUT2D eigenvalue weighted by atomic mass is 16.5. The summed E-state index contributed by atoms with van der Waals surface area (Å²) >= 11 is 0. The van der Waals surface area contributed by atoms with Crippen LogP contribution in [0.4, 0.5) is 0 Å². The molecule has 2 rings (SSSR count). The maximum Gasteiger partial charge on any atom is 0.222 e. The van der Waals surface area contributed by atoms with Gasteiger partial charge in [0.1, 0.15) is 0 Å². The molecule has 0 aromatic heterocycles. The summed E-state index contributed by atoms with van der Waals surface area (Å²) in [6, 6.07) is 10.3. The van der Waals surface area contributed by atoms with Crippen LogP contribution in [0.3, 0.4) is 0 Å². The van der Waals surface area contributed by atoms with Gasteiger partial charge in [0.2, 0.25) is 5.91 Å². The molecule has 0 spiro atoms. The van der Waals surface area contributed by atoms with Crippen molar-refractivity contribution < 1.29 is 9.53 Å². The van der Waals surface area contributed by atoms with Crippen molar-refractivity contribution in [3.8, 4) is 0 Å². The highest BCUT2D eigenvalue weighted by Crippen LogP contribution is 2.15. The van der Waals surface area contributed by atoms with Crippen LogP contribution in [0.15, 0.2) is 30.3 Å². The Balaban J connectivity index is 1.79. The van der Waals surface area contributed by atoms with Crippen molar-refractivity contribution in [2.75, 3.05) is 39.9 Å². The number of carbonyl (C=O) groups is 1. The van der Waals surface area contributed by atoms with E-state index < -0.39 is 0 Å². The molecule has 1 fully saturated rings. The molecule has 1 unspecified atom stereocenters. The molecule has 1 aromatic carbocycles. The molecule has 1 aliphatic rings. The molecule has 1 saturated heterocycles. The van der Waals surface area contributed by atoms with Crippen molar-refractivity contribution in [2.24, 2.45) is 5.92 Å². The average molecular weight is 304 g/mol. The molecule has 1 aliphatic heterocycles. The number of nitrogens with one attached hydrogen (secondary N) is 1. The maximum absolute atomic E-state index is 12.5. The van der Waals surface area contributed by atoms with Gasteiger partial charge in [-0.1, -0.05) is 30.3 Å². The maximum atomic E-state index is 12.5. The van der Waals surface area contributed by atoms with Crippen LogP contribution in [0.25, 0.3) is 0 Å². The molecule has 4 heteroatoms. The second-order valence-electron chi connectivity index (χ2n) is 6.01. The number of rotatable bonds is 9. The van der Waals surface area contributed by atoms with Gasteiger partial charge in [-0.15, -0.1) is 0 Å². The Labute approximate surface area is 133 Å². The molecule has 0 radical (unpaired) electrons. The van der Waals surface area contributed by atoms with Gasteiger partial charge in [-0.3, -0.25) is 4.79 Å². The van der Waals surface area contributed by atoms with E-state index in [0.717, 1.165) is 32.5 Å². The smallest absolute Gasteiger partial charge is 0.222 e. The van der Waals surface area contributed by atoms with E-state index in [1.165, 1.54) is 12.0 Å². The van der Waals surface area contributed by atoms with Gasteiger partial charge < -0.3 is 15.0 Å². The third-order valence-electron chi connectivity index (χ3n) is 4.36. The Morgan fingerprint density at radius 2 is 2.14 bits per heavy atom. The standard InChI is InChI=1S/C18H28N2O2/c1-22-14-13-20(12-10-16-5-3-2-4-6-16)18(21)8-7-17-9-11-19-15-17/h2-6,17,19H,7-15H2,1H3. The summed E-state index contributed by atoms with van der Waals surface area (Å²) in [6.07, 6.45) is 3.77. The fourth-order valence-electron chi connectivity index (χ4n) is 2.92. The van der Waals surface area contributed by atoms with E-state index in [1.807, 2.05) is 23.1 Å². The largest absolute Gasteiger partial charge is 0.383 e. The molecular formula is C18H28N2O2. The quantitative estimate of drug-likeness (QED) is 0.759. The lowest BCUT2D eigenvalue weighted by Crippen LogP contribution is -2.35. The summed E-state index contributed by atoms with van der Waals surface area (Å²) in [6.45, 7) is 4.22. The first-order valence-electron chi connectivity index (χ1n) is 8.31. The molecule has 1 amide bonds. The third kappa shape index (κ3) is 5.78. The minimum atomic E-state index is 0.264. The van der Waals surface area contributed by atoms with Crippen molar-refractivity contribution in [1.82, 2.24) is 10.2 Å². The Hall–Kier alpha value is -1.39. The molecule has 1 N–H and O–H groups in total. The predicted molar refractivity (Wildman–Crippen MR) is 88.8 cm³/mol. The van der Waals surface area contributed by atoms with Crippen LogP contribution in [0.5, 0.6) is 0 Å². The zero-order valence-corrected chi connectivity index (χ0v) is 13.6. The average Bonchev–Trinajstić information content (AvgIpc) is 3.07. The van der Waals surface area contributed by atoms with Crippen LogP contribution in [0, 0.1) is 5.92 Å². The van der Waals surface area contributed by atoms with E-state index in [4.69, 9.17) is 4.74 Å². The van der Waals surface area contributed by atoms with Crippen LogP contribution >= 0.6 is 0 Å². The molecule has 22 heavy (non-hydrogen) atoms. The lowest BCUT2D eigenvalue weighted by Gasteiger charge is -2.23. The van der Waals surface area contributed by atoms with Gasteiger partial charge in [-0.25, -0.2) is 0 Å². The molecular weight excluding hydrogens is 276 g/mol. The van der Waals surface area contributed by atoms with Crippen LogP contribution in [-0.2, 0) is 16.0 Å². The number of carbonyl (C=O) groups excluding carboxylic acids is 1. The van der Waals surface area contributed by atoms with Gasteiger partial charge in [0.15, 0.2) is 0 Å². The van der Waals surface area contributed by atoms with Gasteiger partial charge >= 0.3 is 0 Å². The van der Waals surface area contributed by atoms with Gasteiger partial charge in [-0.05, 0) is 43.8 Å². The van der Waals surface area contributed by atoms with E-state index in [2.05, 4.69) is 17.4 Å². The first-order valence-corrected chi connectivity index (χ1v) is 8.31. The molecule has 122 valence electrons. The molecule has 0 bridgehead atoms. The number of benzene rings is 1. The number of hydrogen-bond acceptors (Lipinski definition) is 3. The predicted octanol–water partition coefficient (Wildman–Crippen LogP) is 2.09. The van der Waals surface area contributed by atoms with E-state index >= 15 is 0 Å². The van der Waals surface area contributed by atoms with Gasteiger partial charge in [0.05, 0.1) is 6.61 Å². The Morgan fingerprint density at radius 1 is 1.32 bits per heavy atom. The third-order valence-corrected chi connectivity index (χ3v) is 4.36. The second kappa shape index (κ2) is 9.59. The highest BCUT2D eigenvalue weighted by molar-refractivity contribution is 5.76. The molecule has 4 nitrogen and oxygen atoms in total. The molecule has 1 atom stereocenters. The lowest BCUT2D eigenvalue weighted by molar-refractivity contribution is -0.132. The van der Waals surface area contributed by atoms with E-state index in [1.54, 1.807) is 7.11 Å². The second-order valence-corrected chi connectivity index (χ2v) is 6.01. The SMILES string of the molecule is COCCN(CCc1ccccc1)C(=O)CCC1CCNC1. The van der Waals surface area contributed by atoms with Crippen LogP contribution in [0.1, 0.15) is 24.8 Å². The van der Waals surface area contributed by atoms with Gasteiger partial charge in [0.25, 0.3) is 0 Å². The fraction of sp³-hybridized carbons (Fsp3) is 0.611. The highest BCUT2D eigenvalue weighted by Gasteiger charge is 2.18. The minimum Gasteiger partial charge on any atom is -0.383 e. The van der Waals surface area contributed by atoms with Crippen molar-refractivity contribution in [2.45, 2.75) is 25.7 Å². The minimum absolute atomic E-state index is 0.264. The lowest BCUT2D eigenvalue weighted by atomic mass is 10.0. The first-order chi connectivity index (χ1) is 10.8. The van der Waals surface area contributed by atoms with E-state index in [0.29, 0.717) is 25.5 Å². The normalized spacial score (nSPS) is 17.6. The summed E-state index contributed by atoms with van der Waals surface area (Å²) in [5.41, 5.74) is 1.28. The zero-order valence-electron chi connectivity index (χ0n) is 13.6. The van der Waals surface area contributed by atoms with E-state index in [-0.39, 0.29) is 5.91 Å².